The summed E-state index contributed by atoms with van der Waals surface area (Å²) in [5.74, 6) is -0.306. The zero-order chi connectivity index (χ0) is 17.6. The monoisotopic (exact) mass is 354 g/mol. The zero-order valence-electron chi connectivity index (χ0n) is 13.0. The number of aromatic nitrogens is 2. The molecule has 0 saturated carbocycles. The summed E-state index contributed by atoms with van der Waals surface area (Å²) < 4.78 is 1.24. The lowest BCUT2D eigenvalue weighted by atomic mass is 10.3. The minimum Gasteiger partial charge on any atom is -0.323 e. The zero-order valence-corrected chi connectivity index (χ0v) is 13.8. The van der Waals surface area contributed by atoms with Crippen molar-refractivity contribution in [2.24, 2.45) is 0 Å². The molecule has 2 aromatic carbocycles. The van der Waals surface area contributed by atoms with Gasteiger partial charge in [-0.3, -0.25) is 19.6 Å². The molecular formula is C17H14N4O3S. The van der Waals surface area contributed by atoms with Gasteiger partial charge in [0.2, 0.25) is 5.91 Å². The van der Waals surface area contributed by atoms with Crippen LogP contribution in [0.4, 0.5) is 11.4 Å². The summed E-state index contributed by atoms with van der Waals surface area (Å²) in [5.41, 5.74) is 0.538. The van der Waals surface area contributed by atoms with Crippen LogP contribution in [0.25, 0.3) is 0 Å². The van der Waals surface area contributed by atoms with Gasteiger partial charge in [-0.05, 0) is 24.3 Å². The maximum Gasteiger partial charge on any atom is 0.307 e. The first-order chi connectivity index (χ1) is 12.1. The van der Waals surface area contributed by atoms with E-state index in [0.717, 1.165) is 16.0 Å². The van der Waals surface area contributed by atoms with Gasteiger partial charge in [0.1, 0.15) is 18.9 Å². The Morgan fingerprint density at radius 3 is 2.60 bits per heavy atom. The van der Waals surface area contributed by atoms with E-state index in [1.54, 1.807) is 11.8 Å². The van der Waals surface area contributed by atoms with Crippen LogP contribution in [-0.4, -0.2) is 20.6 Å². The number of nitrogens with one attached hydrogen (secondary N) is 1. The average molecular weight is 354 g/mol. The molecule has 1 N–H and O–H groups in total. The summed E-state index contributed by atoms with van der Waals surface area (Å²) in [6.07, 6.45) is 2.34. The fourth-order valence-corrected chi connectivity index (χ4v) is 3.07. The third-order valence-electron chi connectivity index (χ3n) is 3.27. The van der Waals surface area contributed by atoms with Crippen LogP contribution in [0.2, 0.25) is 0 Å². The van der Waals surface area contributed by atoms with E-state index in [9.17, 15) is 14.9 Å². The number of nitro groups is 1. The minimum atomic E-state index is -0.548. The third kappa shape index (κ3) is 4.45. The molecule has 7 nitrogen and oxygen atoms in total. The maximum absolute atomic E-state index is 12.2. The van der Waals surface area contributed by atoms with Crippen molar-refractivity contribution >= 4 is 29.0 Å². The molecule has 0 spiro atoms. The Bertz CT molecular complexity index is 896. The lowest BCUT2D eigenvalue weighted by Gasteiger charge is -2.10. The summed E-state index contributed by atoms with van der Waals surface area (Å²) in [4.78, 5) is 24.3. The Morgan fingerprint density at radius 2 is 1.88 bits per heavy atom. The van der Waals surface area contributed by atoms with Gasteiger partial charge in [-0.2, -0.15) is 5.10 Å². The quantitative estimate of drug-likeness (QED) is 0.540. The van der Waals surface area contributed by atoms with E-state index >= 15 is 0 Å². The Labute approximate surface area is 147 Å². The number of hydrogen-bond acceptors (Lipinski definition) is 5. The van der Waals surface area contributed by atoms with E-state index in [1.165, 1.54) is 10.9 Å². The highest BCUT2D eigenvalue weighted by Gasteiger charge is 2.12. The van der Waals surface area contributed by atoms with Gasteiger partial charge >= 0.3 is 5.69 Å². The van der Waals surface area contributed by atoms with Crippen LogP contribution in [0, 0.1) is 10.1 Å². The predicted molar refractivity (Wildman–Crippen MR) is 94.5 cm³/mol. The fraction of sp³-hybridized carbons (Fsp3) is 0.0588. The number of benzene rings is 2. The Hall–Kier alpha value is -3.13. The number of hydrogen-bond donors (Lipinski definition) is 1. The number of carbonyl (C=O) groups is 1. The average Bonchev–Trinajstić information content (AvgIpc) is 3.06. The van der Waals surface area contributed by atoms with Gasteiger partial charge in [0.25, 0.3) is 0 Å². The summed E-state index contributed by atoms with van der Waals surface area (Å²) in [6.45, 7) is -0.0990. The first-order valence-electron chi connectivity index (χ1n) is 7.40. The second kappa shape index (κ2) is 7.63. The molecule has 0 atom stereocenters. The highest BCUT2D eigenvalue weighted by Crippen LogP contribution is 2.33. The topological polar surface area (TPSA) is 90.1 Å². The third-order valence-corrected chi connectivity index (χ3v) is 4.35. The number of nitrogens with zero attached hydrogens (tertiary/aromatic N) is 3. The molecular weight excluding hydrogens is 340 g/mol. The van der Waals surface area contributed by atoms with Gasteiger partial charge in [-0.15, -0.1) is 0 Å². The standard InChI is InChI=1S/C17H14N4O3S/c22-17(12-20-11-13(10-18-20)21(23)24)19-15-8-4-5-9-16(15)25-14-6-2-1-3-7-14/h1-11H,12H2,(H,19,22). The van der Waals surface area contributed by atoms with E-state index in [0.29, 0.717) is 5.69 Å². The Kier molecular flexibility index (Phi) is 5.10. The van der Waals surface area contributed by atoms with E-state index in [-0.39, 0.29) is 18.1 Å². The summed E-state index contributed by atoms with van der Waals surface area (Å²) in [5, 5.41) is 17.3. The highest BCUT2D eigenvalue weighted by molar-refractivity contribution is 7.99. The van der Waals surface area contributed by atoms with E-state index in [1.807, 2.05) is 54.6 Å². The molecule has 0 radical (unpaired) electrons. The van der Waals surface area contributed by atoms with Crippen molar-refractivity contribution in [3.05, 3.63) is 77.1 Å². The van der Waals surface area contributed by atoms with Crippen LogP contribution in [-0.2, 0) is 11.3 Å². The predicted octanol–water partition coefficient (Wildman–Crippen LogP) is 3.58. The molecule has 0 saturated heterocycles. The van der Waals surface area contributed by atoms with Gasteiger partial charge in [-0.25, -0.2) is 0 Å². The molecule has 0 bridgehead atoms. The van der Waals surface area contributed by atoms with Gasteiger partial charge in [0.05, 0.1) is 10.6 Å². The SMILES string of the molecule is O=C(Cn1cc([N+](=O)[O-])cn1)Nc1ccccc1Sc1ccccc1. The smallest absolute Gasteiger partial charge is 0.307 e. The second-order valence-electron chi connectivity index (χ2n) is 5.11. The van der Waals surface area contributed by atoms with Crippen molar-refractivity contribution in [3.63, 3.8) is 0 Å². The molecule has 8 heteroatoms. The number of para-hydroxylation sites is 1. The molecule has 126 valence electrons. The van der Waals surface area contributed by atoms with Crippen LogP contribution in [0.3, 0.4) is 0 Å². The molecule has 25 heavy (non-hydrogen) atoms. The van der Waals surface area contributed by atoms with Gasteiger partial charge < -0.3 is 5.32 Å². The molecule has 1 amide bonds. The second-order valence-corrected chi connectivity index (χ2v) is 6.23. The van der Waals surface area contributed by atoms with Crippen molar-refractivity contribution in [2.75, 3.05) is 5.32 Å². The number of carbonyl (C=O) groups excluding carboxylic acids is 1. The first kappa shape index (κ1) is 16.7. The normalized spacial score (nSPS) is 10.4. The number of anilines is 1. The highest BCUT2D eigenvalue weighted by atomic mass is 32.2. The van der Waals surface area contributed by atoms with Crippen LogP contribution < -0.4 is 5.32 Å². The first-order valence-corrected chi connectivity index (χ1v) is 8.22. The molecule has 1 aromatic heterocycles. The molecule has 0 aliphatic carbocycles. The lowest BCUT2D eigenvalue weighted by Crippen LogP contribution is -2.19. The summed E-state index contributed by atoms with van der Waals surface area (Å²) in [6, 6.07) is 17.3. The van der Waals surface area contributed by atoms with Gasteiger partial charge in [0.15, 0.2) is 0 Å². The molecule has 3 aromatic rings. The van der Waals surface area contributed by atoms with E-state index < -0.39 is 4.92 Å². The fourth-order valence-electron chi connectivity index (χ4n) is 2.14. The number of rotatable bonds is 6. The number of amides is 1. The largest absolute Gasteiger partial charge is 0.323 e. The van der Waals surface area contributed by atoms with Crippen molar-refractivity contribution in [2.45, 2.75) is 16.3 Å². The van der Waals surface area contributed by atoms with Crippen LogP contribution >= 0.6 is 11.8 Å². The van der Waals surface area contributed by atoms with E-state index in [4.69, 9.17) is 0 Å². The van der Waals surface area contributed by atoms with Gasteiger partial charge in [-0.1, -0.05) is 42.1 Å². The molecule has 0 unspecified atom stereocenters. The van der Waals surface area contributed by atoms with Crippen molar-refractivity contribution in [1.29, 1.82) is 0 Å². The van der Waals surface area contributed by atoms with E-state index in [2.05, 4.69) is 10.4 Å². The van der Waals surface area contributed by atoms with Crippen molar-refractivity contribution in [1.82, 2.24) is 9.78 Å². The van der Waals surface area contributed by atoms with Crippen molar-refractivity contribution < 1.29 is 9.72 Å². The lowest BCUT2D eigenvalue weighted by molar-refractivity contribution is -0.385. The Balaban J connectivity index is 1.69. The molecule has 3 rings (SSSR count). The molecule has 0 aliphatic rings. The maximum atomic E-state index is 12.2. The van der Waals surface area contributed by atoms with Crippen molar-refractivity contribution in [3.8, 4) is 0 Å². The summed E-state index contributed by atoms with van der Waals surface area (Å²) in [7, 11) is 0. The minimum absolute atomic E-state index is 0.0990. The molecule has 0 aliphatic heterocycles. The Morgan fingerprint density at radius 1 is 1.16 bits per heavy atom. The summed E-state index contributed by atoms with van der Waals surface area (Å²) >= 11 is 1.54. The van der Waals surface area contributed by atoms with Gasteiger partial charge in [0, 0.05) is 9.79 Å². The molecule has 0 fully saturated rings. The van der Waals surface area contributed by atoms with Crippen LogP contribution in [0.15, 0.2) is 76.8 Å². The van der Waals surface area contributed by atoms with Crippen LogP contribution in [0.5, 0.6) is 0 Å². The molecule has 1 heterocycles. The van der Waals surface area contributed by atoms with Crippen LogP contribution in [0.1, 0.15) is 0 Å².